The standard InChI is InChI=1S/C17H31N3O2S2/c1-17(8-4-9-23-17)13-19-16(20-15-5-2-3-6-15)18-11-14-7-10-24(21,22)12-14/h14-15H,2-13H2,1H3,(H2,18,19,20). The monoisotopic (exact) mass is 373 g/mol. The van der Waals surface area contributed by atoms with Gasteiger partial charge in [-0.1, -0.05) is 12.8 Å². The van der Waals surface area contributed by atoms with Crippen molar-refractivity contribution in [1.29, 1.82) is 0 Å². The number of sulfone groups is 1. The summed E-state index contributed by atoms with van der Waals surface area (Å²) >= 11 is 2.03. The maximum atomic E-state index is 11.6. The zero-order chi connectivity index (χ0) is 17.0. The van der Waals surface area contributed by atoms with Crippen molar-refractivity contribution in [2.24, 2.45) is 10.9 Å². The lowest BCUT2D eigenvalue weighted by Gasteiger charge is -2.23. The molecule has 0 aromatic heterocycles. The minimum absolute atomic E-state index is 0.224. The van der Waals surface area contributed by atoms with Gasteiger partial charge in [-0.05, 0) is 50.7 Å². The molecule has 2 unspecified atom stereocenters. The summed E-state index contributed by atoms with van der Waals surface area (Å²) in [4.78, 5) is 4.86. The minimum Gasteiger partial charge on any atom is -0.356 e. The van der Waals surface area contributed by atoms with Crippen molar-refractivity contribution in [3.05, 3.63) is 0 Å². The van der Waals surface area contributed by atoms with Crippen LogP contribution in [0.25, 0.3) is 0 Å². The summed E-state index contributed by atoms with van der Waals surface area (Å²) in [5.74, 6) is 3.02. The Labute approximate surface area is 150 Å². The van der Waals surface area contributed by atoms with Crippen LogP contribution in [0.3, 0.4) is 0 Å². The molecule has 7 heteroatoms. The molecular formula is C17H31N3O2S2. The van der Waals surface area contributed by atoms with E-state index in [9.17, 15) is 8.42 Å². The van der Waals surface area contributed by atoms with Crippen LogP contribution in [0, 0.1) is 5.92 Å². The van der Waals surface area contributed by atoms with Crippen LogP contribution in [0.15, 0.2) is 4.99 Å². The molecule has 2 heterocycles. The van der Waals surface area contributed by atoms with Crippen LogP contribution in [0.4, 0.5) is 0 Å². The lowest BCUT2D eigenvalue weighted by Crippen LogP contribution is -2.45. The summed E-state index contributed by atoms with van der Waals surface area (Å²) in [6.07, 6.45) is 8.31. The van der Waals surface area contributed by atoms with Crippen molar-refractivity contribution < 1.29 is 8.42 Å². The number of nitrogens with one attached hydrogen (secondary N) is 2. The molecule has 2 saturated heterocycles. The summed E-state index contributed by atoms with van der Waals surface area (Å²) in [5, 5.41) is 7.01. The highest BCUT2D eigenvalue weighted by Gasteiger charge is 2.30. The van der Waals surface area contributed by atoms with Gasteiger partial charge < -0.3 is 10.6 Å². The fourth-order valence-electron chi connectivity index (χ4n) is 3.90. The van der Waals surface area contributed by atoms with E-state index in [2.05, 4.69) is 17.6 Å². The fraction of sp³-hybridized carbons (Fsp3) is 0.941. The van der Waals surface area contributed by atoms with E-state index in [1.54, 1.807) is 0 Å². The van der Waals surface area contributed by atoms with Gasteiger partial charge in [0.15, 0.2) is 15.8 Å². The van der Waals surface area contributed by atoms with Crippen LogP contribution < -0.4 is 10.6 Å². The van der Waals surface area contributed by atoms with Crippen LogP contribution in [-0.2, 0) is 9.84 Å². The largest absolute Gasteiger partial charge is 0.356 e. The Hall–Kier alpha value is -0.430. The summed E-state index contributed by atoms with van der Waals surface area (Å²) in [5.41, 5.74) is 0. The highest BCUT2D eigenvalue weighted by molar-refractivity contribution is 8.00. The van der Waals surface area contributed by atoms with Gasteiger partial charge in [-0.25, -0.2) is 8.42 Å². The second-order valence-electron chi connectivity index (χ2n) is 7.84. The molecule has 0 aromatic rings. The van der Waals surface area contributed by atoms with E-state index in [0.717, 1.165) is 18.9 Å². The zero-order valence-corrected chi connectivity index (χ0v) is 16.4. The summed E-state index contributed by atoms with van der Waals surface area (Å²) in [7, 11) is -2.80. The number of aliphatic imine (C=N–C) groups is 1. The van der Waals surface area contributed by atoms with Crippen molar-refractivity contribution in [2.45, 2.75) is 62.7 Å². The molecule has 138 valence electrons. The first-order chi connectivity index (χ1) is 11.4. The van der Waals surface area contributed by atoms with E-state index in [-0.39, 0.29) is 10.7 Å². The number of hydrogen-bond donors (Lipinski definition) is 2. The zero-order valence-electron chi connectivity index (χ0n) is 14.7. The van der Waals surface area contributed by atoms with E-state index < -0.39 is 9.84 Å². The summed E-state index contributed by atoms with van der Waals surface area (Å²) in [6, 6.07) is 0.521. The Morgan fingerprint density at radius 3 is 2.67 bits per heavy atom. The molecule has 0 radical (unpaired) electrons. The quantitative estimate of drug-likeness (QED) is 0.571. The van der Waals surface area contributed by atoms with Crippen LogP contribution in [0.5, 0.6) is 0 Å². The Bertz CT molecular complexity index is 550. The smallest absolute Gasteiger partial charge is 0.191 e. The predicted molar refractivity (Wildman–Crippen MR) is 103 cm³/mol. The summed E-state index contributed by atoms with van der Waals surface area (Å²) in [6.45, 7) is 3.86. The van der Waals surface area contributed by atoms with Crippen LogP contribution in [0.1, 0.15) is 51.9 Å². The first kappa shape index (κ1) is 18.4. The summed E-state index contributed by atoms with van der Waals surface area (Å²) < 4.78 is 23.5. The third-order valence-electron chi connectivity index (χ3n) is 5.45. The average Bonchev–Trinajstić information content (AvgIpc) is 3.25. The lowest BCUT2D eigenvalue weighted by molar-refractivity contribution is 0.549. The number of rotatable bonds is 5. The molecule has 1 saturated carbocycles. The third kappa shape index (κ3) is 5.28. The maximum Gasteiger partial charge on any atom is 0.191 e. The Balaban J connectivity index is 1.56. The fourth-order valence-corrected chi connectivity index (χ4v) is 6.99. The highest BCUT2D eigenvalue weighted by Crippen LogP contribution is 2.37. The maximum absolute atomic E-state index is 11.6. The molecule has 0 spiro atoms. The molecule has 3 aliphatic rings. The second-order valence-corrected chi connectivity index (χ2v) is 11.8. The van der Waals surface area contributed by atoms with Gasteiger partial charge in [0.05, 0.1) is 18.1 Å². The van der Waals surface area contributed by atoms with Gasteiger partial charge in [0.1, 0.15) is 0 Å². The average molecular weight is 374 g/mol. The van der Waals surface area contributed by atoms with Crippen molar-refractivity contribution in [2.75, 3.05) is 30.3 Å². The van der Waals surface area contributed by atoms with Crippen molar-refractivity contribution in [3.8, 4) is 0 Å². The van der Waals surface area contributed by atoms with E-state index in [1.165, 1.54) is 44.3 Å². The number of thioether (sulfide) groups is 1. The molecule has 2 atom stereocenters. The number of hydrogen-bond acceptors (Lipinski definition) is 4. The third-order valence-corrected chi connectivity index (χ3v) is 8.81. The number of nitrogens with zero attached hydrogens (tertiary/aromatic N) is 1. The molecule has 2 aliphatic heterocycles. The molecule has 0 bridgehead atoms. The molecule has 3 fully saturated rings. The Kier molecular flexibility index (Phi) is 6.01. The van der Waals surface area contributed by atoms with Gasteiger partial charge in [-0.3, -0.25) is 4.99 Å². The van der Waals surface area contributed by atoms with Crippen molar-refractivity contribution >= 4 is 27.6 Å². The molecular weight excluding hydrogens is 342 g/mol. The second kappa shape index (κ2) is 7.85. The molecule has 2 N–H and O–H groups in total. The van der Waals surface area contributed by atoms with E-state index >= 15 is 0 Å². The molecule has 0 amide bonds. The lowest BCUT2D eigenvalue weighted by atomic mass is 10.1. The molecule has 3 rings (SSSR count). The van der Waals surface area contributed by atoms with Crippen molar-refractivity contribution in [1.82, 2.24) is 10.6 Å². The molecule has 0 aromatic carbocycles. The number of guanidine groups is 1. The topological polar surface area (TPSA) is 70.6 Å². The van der Waals surface area contributed by atoms with E-state index in [0.29, 0.717) is 24.1 Å². The predicted octanol–water partition coefficient (Wildman–Crippen LogP) is 2.18. The molecule has 24 heavy (non-hydrogen) atoms. The van der Waals surface area contributed by atoms with Crippen LogP contribution in [-0.4, -0.2) is 55.5 Å². The first-order valence-corrected chi connectivity index (χ1v) is 12.1. The van der Waals surface area contributed by atoms with Crippen LogP contribution >= 0.6 is 11.8 Å². The van der Waals surface area contributed by atoms with Crippen LogP contribution in [0.2, 0.25) is 0 Å². The first-order valence-electron chi connectivity index (χ1n) is 9.33. The molecule has 5 nitrogen and oxygen atoms in total. The minimum atomic E-state index is -2.80. The van der Waals surface area contributed by atoms with E-state index in [1.807, 2.05) is 11.8 Å². The highest BCUT2D eigenvalue weighted by atomic mass is 32.2. The molecule has 1 aliphatic carbocycles. The Morgan fingerprint density at radius 2 is 2.04 bits per heavy atom. The van der Waals surface area contributed by atoms with Gasteiger partial charge in [0.2, 0.25) is 0 Å². The van der Waals surface area contributed by atoms with Gasteiger partial charge in [0, 0.05) is 17.3 Å². The van der Waals surface area contributed by atoms with Gasteiger partial charge in [-0.2, -0.15) is 11.8 Å². The van der Waals surface area contributed by atoms with Crippen molar-refractivity contribution in [3.63, 3.8) is 0 Å². The van der Waals surface area contributed by atoms with Gasteiger partial charge in [-0.15, -0.1) is 0 Å². The normalized spacial score (nSPS) is 33.9. The Morgan fingerprint density at radius 1 is 1.25 bits per heavy atom. The van der Waals surface area contributed by atoms with Gasteiger partial charge in [0.25, 0.3) is 0 Å². The van der Waals surface area contributed by atoms with E-state index in [4.69, 9.17) is 4.99 Å². The van der Waals surface area contributed by atoms with Gasteiger partial charge >= 0.3 is 0 Å². The SMILES string of the molecule is CC1(CN=C(NCC2CCS(=O)(=O)C2)NC2CCCC2)CCCS1.